The number of hydrogen-bond acceptors (Lipinski definition) is 2. The lowest BCUT2D eigenvalue weighted by Gasteiger charge is -2.11. The van der Waals surface area contributed by atoms with Gasteiger partial charge in [0, 0.05) is 21.1 Å². The highest BCUT2D eigenvalue weighted by Gasteiger charge is 2.12. The molecule has 0 aliphatic rings. The molecular weight excluding hydrogens is 342 g/mol. The third kappa shape index (κ3) is 2.92. The maximum atomic E-state index is 12.3. The van der Waals surface area contributed by atoms with Crippen molar-refractivity contribution in [3.63, 3.8) is 0 Å². The molecule has 1 amide bonds. The molecule has 0 aliphatic heterocycles. The Hall–Kier alpha value is -2.07. The van der Waals surface area contributed by atoms with Crippen molar-refractivity contribution in [2.24, 2.45) is 0 Å². The fourth-order valence-corrected chi connectivity index (χ4v) is 2.92. The molecule has 0 fully saturated rings. The number of aryl methyl sites for hydroxylation is 2. The third-order valence-electron chi connectivity index (χ3n) is 3.71. The molecule has 3 nitrogen and oxygen atoms in total. The minimum atomic E-state index is -0.0416. The number of carbonyl (C=O) groups excluding carboxylic acids is 1. The van der Waals surface area contributed by atoms with E-state index in [0.29, 0.717) is 0 Å². The molecule has 0 saturated carbocycles. The summed E-state index contributed by atoms with van der Waals surface area (Å²) in [6.07, 6.45) is 1.94. The Morgan fingerprint density at radius 3 is 2.64 bits per heavy atom. The molecule has 1 N–H and O–H groups in total. The zero-order valence-electron chi connectivity index (χ0n) is 12.4. The summed E-state index contributed by atoms with van der Waals surface area (Å²) in [5, 5.41) is 3.97. The zero-order valence-corrected chi connectivity index (χ0v) is 14.0. The zero-order chi connectivity index (χ0) is 15.7. The predicted molar refractivity (Wildman–Crippen MR) is 92.2 cm³/mol. The van der Waals surface area contributed by atoms with E-state index in [1.54, 1.807) is 6.26 Å². The average molecular weight is 358 g/mol. The number of furan rings is 1. The van der Waals surface area contributed by atoms with Gasteiger partial charge in [-0.1, -0.05) is 34.1 Å². The number of hydrogen-bond donors (Lipinski definition) is 1. The molecule has 3 rings (SSSR count). The summed E-state index contributed by atoms with van der Waals surface area (Å²) < 4.78 is 6.47. The largest absolute Gasteiger partial charge is 0.464 e. The molecule has 2 aromatic carbocycles. The van der Waals surface area contributed by atoms with Crippen molar-refractivity contribution in [3.8, 4) is 0 Å². The van der Waals surface area contributed by atoms with Gasteiger partial charge >= 0.3 is 0 Å². The fourth-order valence-electron chi connectivity index (χ4n) is 2.56. The number of amides is 1. The van der Waals surface area contributed by atoms with Crippen molar-refractivity contribution < 1.29 is 9.21 Å². The molecule has 0 saturated heterocycles. The van der Waals surface area contributed by atoms with E-state index in [-0.39, 0.29) is 12.3 Å². The number of benzene rings is 2. The van der Waals surface area contributed by atoms with Crippen LogP contribution in [-0.2, 0) is 11.2 Å². The van der Waals surface area contributed by atoms with Gasteiger partial charge in [0.05, 0.1) is 12.7 Å². The fraction of sp³-hybridized carbons (Fsp3) is 0.167. The SMILES string of the molecule is Cc1cccc(C)c1NC(=O)Cc1coc2ccc(Br)cc12. The number of rotatable bonds is 3. The van der Waals surface area contributed by atoms with Crippen LogP contribution in [0.25, 0.3) is 11.0 Å². The minimum absolute atomic E-state index is 0.0416. The lowest BCUT2D eigenvalue weighted by atomic mass is 10.1. The van der Waals surface area contributed by atoms with Gasteiger partial charge in [-0.15, -0.1) is 0 Å². The van der Waals surface area contributed by atoms with Crippen molar-refractivity contribution >= 4 is 38.5 Å². The first-order valence-corrected chi connectivity index (χ1v) is 7.85. The summed E-state index contributed by atoms with van der Waals surface area (Å²) in [5.74, 6) is -0.0416. The van der Waals surface area contributed by atoms with Crippen molar-refractivity contribution in [2.45, 2.75) is 20.3 Å². The van der Waals surface area contributed by atoms with E-state index in [2.05, 4.69) is 21.2 Å². The van der Waals surface area contributed by atoms with Crippen LogP contribution >= 0.6 is 15.9 Å². The Morgan fingerprint density at radius 2 is 1.91 bits per heavy atom. The summed E-state index contributed by atoms with van der Waals surface area (Å²) in [7, 11) is 0. The van der Waals surface area contributed by atoms with E-state index >= 15 is 0 Å². The molecule has 1 aromatic heterocycles. The van der Waals surface area contributed by atoms with Crippen LogP contribution in [0.4, 0.5) is 5.69 Å². The Morgan fingerprint density at radius 1 is 1.18 bits per heavy atom. The number of anilines is 1. The molecule has 3 aromatic rings. The highest BCUT2D eigenvalue weighted by atomic mass is 79.9. The van der Waals surface area contributed by atoms with Gasteiger partial charge < -0.3 is 9.73 Å². The van der Waals surface area contributed by atoms with E-state index < -0.39 is 0 Å². The Labute approximate surface area is 137 Å². The minimum Gasteiger partial charge on any atom is -0.464 e. The van der Waals surface area contributed by atoms with E-state index in [1.807, 2.05) is 50.2 Å². The van der Waals surface area contributed by atoms with Crippen molar-refractivity contribution in [1.82, 2.24) is 0 Å². The molecule has 0 unspecified atom stereocenters. The maximum Gasteiger partial charge on any atom is 0.228 e. The Bertz CT molecular complexity index is 831. The number of fused-ring (bicyclic) bond motifs is 1. The van der Waals surface area contributed by atoms with Crippen molar-refractivity contribution in [2.75, 3.05) is 5.32 Å². The highest BCUT2D eigenvalue weighted by Crippen LogP contribution is 2.26. The maximum absolute atomic E-state index is 12.3. The molecule has 1 heterocycles. The molecule has 0 radical (unpaired) electrons. The first-order chi connectivity index (χ1) is 10.5. The van der Waals surface area contributed by atoms with Gasteiger partial charge in [-0.3, -0.25) is 4.79 Å². The topological polar surface area (TPSA) is 42.2 Å². The summed E-state index contributed by atoms with van der Waals surface area (Å²) in [6.45, 7) is 3.99. The smallest absolute Gasteiger partial charge is 0.228 e. The summed E-state index contributed by atoms with van der Waals surface area (Å²) >= 11 is 3.45. The predicted octanol–water partition coefficient (Wildman–Crippen LogP) is 4.99. The van der Waals surface area contributed by atoms with Crippen LogP contribution in [0.2, 0.25) is 0 Å². The monoisotopic (exact) mass is 357 g/mol. The molecular formula is C18H16BrNO2. The molecule has 22 heavy (non-hydrogen) atoms. The summed E-state index contributed by atoms with van der Waals surface area (Å²) in [6, 6.07) is 11.8. The molecule has 112 valence electrons. The third-order valence-corrected chi connectivity index (χ3v) is 4.21. The summed E-state index contributed by atoms with van der Waals surface area (Å²) in [5.41, 5.74) is 4.70. The number of para-hydroxylation sites is 1. The van der Waals surface area contributed by atoms with Crippen LogP contribution in [0.15, 0.2) is 51.6 Å². The first-order valence-electron chi connectivity index (χ1n) is 7.06. The second-order valence-electron chi connectivity index (χ2n) is 5.39. The van der Waals surface area contributed by atoms with E-state index in [4.69, 9.17) is 4.42 Å². The lowest BCUT2D eigenvalue weighted by Crippen LogP contribution is -2.15. The van der Waals surface area contributed by atoms with Crippen molar-refractivity contribution in [3.05, 3.63) is 63.8 Å². The van der Waals surface area contributed by atoms with Crippen LogP contribution in [0.3, 0.4) is 0 Å². The van der Waals surface area contributed by atoms with E-state index in [1.165, 1.54) is 0 Å². The number of carbonyl (C=O) groups is 1. The first kappa shape index (κ1) is 14.9. The van der Waals surface area contributed by atoms with E-state index in [9.17, 15) is 4.79 Å². The number of nitrogens with one attached hydrogen (secondary N) is 1. The second-order valence-corrected chi connectivity index (χ2v) is 6.31. The molecule has 0 atom stereocenters. The van der Waals surface area contributed by atoms with Crippen LogP contribution in [0.5, 0.6) is 0 Å². The summed E-state index contributed by atoms with van der Waals surface area (Å²) in [4.78, 5) is 12.3. The lowest BCUT2D eigenvalue weighted by molar-refractivity contribution is -0.115. The van der Waals surface area contributed by atoms with Gasteiger partial charge in [0.1, 0.15) is 5.58 Å². The molecule has 4 heteroatoms. The molecule has 0 spiro atoms. The quantitative estimate of drug-likeness (QED) is 0.716. The van der Waals surface area contributed by atoms with Crippen molar-refractivity contribution in [1.29, 1.82) is 0 Å². The Kier molecular flexibility index (Phi) is 4.03. The number of halogens is 1. The molecule has 0 aliphatic carbocycles. The van der Waals surface area contributed by atoms with Gasteiger partial charge in [0.25, 0.3) is 0 Å². The van der Waals surface area contributed by atoms with Crippen LogP contribution in [0, 0.1) is 13.8 Å². The van der Waals surface area contributed by atoms with Gasteiger partial charge in [0.2, 0.25) is 5.91 Å². The van der Waals surface area contributed by atoms with Gasteiger partial charge in [-0.25, -0.2) is 0 Å². The van der Waals surface area contributed by atoms with Crippen LogP contribution in [-0.4, -0.2) is 5.91 Å². The average Bonchev–Trinajstić information content (AvgIpc) is 2.85. The van der Waals surface area contributed by atoms with Gasteiger partial charge in [-0.05, 0) is 43.2 Å². The van der Waals surface area contributed by atoms with Crippen LogP contribution in [0.1, 0.15) is 16.7 Å². The van der Waals surface area contributed by atoms with Crippen LogP contribution < -0.4 is 5.32 Å². The van der Waals surface area contributed by atoms with E-state index in [0.717, 1.165) is 37.8 Å². The normalized spacial score (nSPS) is 10.9. The van der Waals surface area contributed by atoms with Gasteiger partial charge in [0.15, 0.2) is 0 Å². The molecule has 0 bridgehead atoms. The second kappa shape index (κ2) is 5.97. The standard InChI is InChI=1S/C18H16BrNO2/c1-11-4-3-5-12(2)18(11)20-17(21)8-13-10-22-16-7-6-14(19)9-15(13)16/h3-7,9-10H,8H2,1-2H3,(H,20,21). The van der Waals surface area contributed by atoms with Gasteiger partial charge in [-0.2, -0.15) is 0 Å². The Balaban J connectivity index is 1.83. The highest BCUT2D eigenvalue weighted by molar-refractivity contribution is 9.10.